The number of amides is 1. The molecule has 0 fully saturated rings. The Kier molecular flexibility index (Phi) is 7.45. The minimum absolute atomic E-state index is 0.0581. The van der Waals surface area contributed by atoms with Gasteiger partial charge in [0.05, 0.1) is 18.1 Å². The smallest absolute Gasteiger partial charge is 0.246 e. The molecule has 2 heterocycles. The van der Waals surface area contributed by atoms with Crippen molar-refractivity contribution in [2.24, 2.45) is 5.92 Å². The molecule has 2 N–H and O–H groups in total. The van der Waals surface area contributed by atoms with Crippen molar-refractivity contribution in [1.29, 1.82) is 0 Å². The second-order valence-electron chi connectivity index (χ2n) is 5.95. The molecule has 0 spiro atoms. The summed E-state index contributed by atoms with van der Waals surface area (Å²) < 4.78 is 6.60. The van der Waals surface area contributed by atoms with Gasteiger partial charge in [-0.1, -0.05) is 32.5 Å². The molecule has 2 rings (SSSR count). The Morgan fingerprint density at radius 2 is 2.20 bits per heavy atom. The van der Waals surface area contributed by atoms with E-state index in [0.29, 0.717) is 19.0 Å². The number of hydrogen-bond donors (Lipinski definition) is 2. The third-order valence-corrected chi connectivity index (χ3v) is 4.08. The Bertz CT molecular complexity index is 703. The molecule has 138 valence electrons. The quantitative estimate of drug-likeness (QED) is 0.489. The SMILES string of the molecule is CCSc1nc(NCC(C)C)c2cnn(CCNC(=O)COC)c2n1. The van der Waals surface area contributed by atoms with Crippen LogP contribution in [0, 0.1) is 5.92 Å². The van der Waals surface area contributed by atoms with Crippen LogP contribution in [-0.2, 0) is 16.1 Å². The highest BCUT2D eigenvalue weighted by molar-refractivity contribution is 7.99. The van der Waals surface area contributed by atoms with E-state index in [9.17, 15) is 4.79 Å². The number of nitrogens with one attached hydrogen (secondary N) is 2. The van der Waals surface area contributed by atoms with E-state index < -0.39 is 0 Å². The molecule has 0 saturated heterocycles. The van der Waals surface area contributed by atoms with E-state index in [1.54, 1.807) is 22.6 Å². The van der Waals surface area contributed by atoms with Gasteiger partial charge in [-0.2, -0.15) is 5.10 Å². The molecule has 25 heavy (non-hydrogen) atoms. The maximum absolute atomic E-state index is 11.5. The molecule has 0 unspecified atom stereocenters. The predicted octanol–water partition coefficient (Wildman–Crippen LogP) is 1.77. The van der Waals surface area contributed by atoms with Gasteiger partial charge in [0.1, 0.15) is 12.4 Å². The number of nitrogens with zero attached hydrogens (tertiary/aromatic N) is 4. The highest BCUT2D eigenvalue weighted by atomic mass is 32.2. The number of anilines is 1. The van der Waals surface area contributed by atoms with E-state index in [1.165, 1.54) is 7.11 Å². The van der Waals surface area contributed by atoms with Crippen molar-refractivity contribution >= 4 is 34.5 Å². The average Bonchev–Trinajstić information content (AvgIpc) is 2.96. The Morgan fingerprint density at radius 1 is 1.40 bits per heavy atom. The van der Waals surface area contributed by atoms with Crippen LogP contribution in [-0.4, -0.2) is 58.2 Å². The largest absolute Gasteiger partial charge is 0.375 e. The van der Waals surface area contributed by atoms with Crippen LogP contribution >= 0.6 is 11.8 Å². The lowest BCUT2D eigenvalue weighted by molar-refractivity contribution is -0.124. The molecule has 8 nitrogen and oxygen atoms in total. The third kappa shape index (κ3) is 5.57. The molecule has 0 aromatic carbocycles. The lowest BCUT2D eigenvalue weighted by Crippen LogP contribution is -2.30. The molecular formula is C16H26N6O2S. The Labute approximate surface area is 152 Å². The summed E-state index contributed by atoms with van der Waals surface area (Å²) in [4.78, 5) is 20.7. The third-order valence-electron chi connectivity index (χ3n) is 3.35. The maximum atomic E-state index is 11.5. The highest BCUT2D eigenvalue weighted by Crippen LogP contribution is 2.24. The number of aromatic nitrogens is 4. The van der Waals surface area contributed by atoms with Gasteiger partial charge in [-0.05, 0) is 11.7 Å². The van der Waals surface area contributed by atoms with Crippen LogP contribution < -0.4 is 10.6 Å². The summed E-state index contributed by atoms with van der Waals surface area (Å²) in [5.74, 6) is 2.08. The van der Waals surface area contributed by atoms with E-state index in [2.05, 4.69) is 46.5 Å². The maximum Gasteiger partial charge on any atom is 0.246 e. The van der Waals surface area contributed by atoms with Gasteiger partial charge in [-0.15, -0.1) is 0 Å². The molecule has 0 aliphatic rings. The first-order chi connectivity index (χ1) is 12.0. The first kappa shape index (κ1) is 19.5. The normalized spacial score (nSPS) is 11.2. The summed E-state index contributed by atoms with van der Waals surface area (Å²) in [5, 5.41) is 12.2. The van der Waals surface area contributed by atoms with Crippen LogP contribution in [0.15, 0.2) is 11.4 Å². The van der Waals surface area contributed by atoms with Crippen LogP contribution in [0.3, 0.4) is 0 Å². The van der Waals surface area contributed by atoms with E-state index in [0.717, 1.165) is 34.3 Å². The van der Waals surface area contributed by atoms with Crippen LogP contribution in [0.4, 0.5) is 5.82 Å². The fraction of sp³-hybridized carbons (Fsp3) is 0.625. The Hall–Kier alpha value is -1.87. The van der Waals surface area contributed by atoms with Crippen LogP contribution in [0.5, 0.6) is 0 Å². The van der Waals surface area contributed by atoms with Crippen molar-refractivity contribution in [3.05, 3.63) is 6.20 Å². The molecular weight excluding hydrogens is 340 g/mol. The molecule has 0 aliphatic heterocycles. The van der Waals surface area contributed by atoms with E-state index in [1.807, 2.05) is 0 Å². The summed E-state index contributed by atoms with van der Waals surface area (Å²) in [5.41, 5.74) is 0.776. The zero-order valence-electron chi connectivity index (χ0n) is 15.2. The predicted molar refractivity (Wildman–Crippen MR) is 99.9 cm³/mol. The van der Waals surface area contributed by atoms with Gasteiger partial charge in [-0.3, -0.25) is 4.79 Å². The zero-order chi connectivity index (χ0) is 18.2. The molecule has 0 atom stereocenters. The minimum Gasteiger partial charge on any atom is -0.375 e. The lowest BCUT2D eigenvalue weighted by atomic mass is 10.2. The van der Waals surface area contributed by atoms with Gasteiger partial charge in [0.25, 0.3) is 0 Å². The van der Waals surface area contributed by atoms with E-state index >= 15 is 0 Å². The van der Waals surface area contributed by atoms with Crippen molar-refractivity contribution in [3.63, 3.8) is 0 Å². The van der Waals surface area contributed by atoms with Crippen LogP contribution in [0.2, 0.25) is 0 Å². The molecule has 0 saturated carbocycles. The second-order valence-corrected chi connectivity index (χ2v) is 7.18. The minimum atomic E-state index is -0.143. The van der Waals surface area contributed by atoms with Gasteiger partial charge in [0, 0.05) is 20.2 Å². The number of ether oxygens (including phenoxy) is 1. The van der Waals surface area contributed by atoms with Gasteiger partial charge in [0.2, 0.25) is 5.91 Å². The van der Waals surface area contributed by atoms with Crippen LogP contribution in [0.1, 0.15) is 20.8 Å². The first-order valence-electron chi connectivity index (χ1n) is 8.41. The van der Waals surface area contributed by atoms with Gasteiger partial charge >= 0.3 is 0 Å². The Balaban J connectivity index is 2.19. The van der Waals surface area contributed by atoms with Crippen molar-refractivity contribution in [1.82, 2.24) is 25.1 Å². The van der Waals surface area contributed by atoms with Gasteiger partial charge < -0.3 is 15.4 Å². The van der Waals surface area contributed by atoms with E-state index in [-0.39, 0.29) is 12.5 Å². The zero-order valence-corrected chi connectivity index (χ0v) is 16.0. The summed E-state index contributed by atoms with van der Waals surface area (Å²) in [6.45, 7) is 8.27. The molecule has 0 bridgehead atoms. The summed E-state index contributed by atoms with van der Waals surface area (Å²) in [6.07, 6.45) is 1.77. The fourth-order valence-corrected chi connectivity index (χ4v) is 2.78. The summed E-state index contributed by atoms with van der Waals surface area (Å²) in [7, 11) is 1.50. The first-order valence-corrected chi connectivity index (χ1v) is 9.39. The topological polar surface area (TPSA) is 94.0 Å². The summed E-state index contributed by atoms with van der Waals surface area (Å²) >= 11 is 1.60. The molecule has 9 heteroatoms. The standard InChI is InChI=1S/C16H26N6O2S/c1-5-25-16-20-14(18-8-11(2)3)12-9-19-22(15(12)21-16)7-6-17-13(23)10-24-4/h9,11H,5-8,10H2,1-4H3,(H,17,23)(H,18,20,21). The summed E-state index contributed by atoms with van der Waals surface area (Å²) in [6, 6.07) is 0. The van der Waals surface area contributed by atoms with Crippen molar-refractivity contribution in [2.45, 2.75) is 32.5 Å². The number of carbonyl (C=O) groups excluding carboxylic acids is 1. The van der Waals surface area contributed by atoms with Gasteiger partial charge in [0.15, 0.2) is 10.8 Å². The number of hydrogen-bond acceptors (Lipinski definition) is 7. The molecule has 2 aromatic heterocycles. The fourth-order valence-electron chi connectivity index (χ4n) is 2.21. The molecule has 1 amide bonds. The lowest BCUT2D eigenvalue weighted by Gasteiger charge is -2.11. The average molecular weight is 366 g/mol. The highest BCUT2D eigenvalue weighted by Gasteiger charge is 2.13. The molecule has 0 radical (unpaired) electrons. The van der Waals surface area contributed by atoms with Crippen LogP contribution in [0.25, 0.3) is 11.0 Å². The van der Waals surface area contributed by atoms with Gasteiger partial charge in [-0.25, -0.2) is 14.6 Å². The number of carbonyl (C=O) groups is 1. The number of methoxy groups -OCH3 is 1. The Morgan fingerprint density at radius 3 is 2.88 bits per heavy atom. The molecule has 0 aliphatic carbocycles. The monoisotopic (exact) mass is 366 g/mol. The van der Waals surface area contributed by atoms with Crippen molar-refractivity contribution in [2.75, 3.05) is 37.9 Å². The number of rotatable bonds is 10. The number of fused-ring (bicyclic) bond motifs is 1. The molecule has 2 aromatic rings. The van der Waals surface area contributed by atoms with Crippen molar-refractivity contribution < 1.29 is 9.53 Å². The number of thioether (sulfide) groups is 1. The van der Waals surface area contributed by atoms with Crippen molar-refractivity contribution in [3.8, 4) is 0 Å². The second kappa shape index (κ2) is 9.57. The van der Waals surface area contributed by atoms with E-state index in [4.69, 9.17) is 4.74 Å².